The summed E-state index contributed by atoms with van der Waals surface area (Å²) in [5.74, 6) is 0. The highest BCUT2D eigenvalue weighted by Gasteiger charge is 2.19. The Balaban J connectivity index is 2.20. The maximum absolute atomic E-state index is 12.1. The molecule has 0 saturated carbocycles. The Bertz CT molecular complexity index is 807. The van der Waals surface area contributed by atoms with E-state index in [1.807, 2.05) is 0 Å². The summed E-state index contributed by atoms with van der Waals surface area (Å²) in [5.41, 5.74) is 0.697. The van der Waals surface area contributed by atoms with Gasteiger partial charge in [-0.3, -0.25) is 0 Å². The largest absolute Gasteiger partial charge is 0.250 e. The molecule has 0 radical (unpaired) electrons. The van der Waals surface area contributed by atoms with Crippen LogP contribution in [0.1, 0.15) is 18.5 Å². The SMILES string of the molecule is C[C@@H](NS(=O)(=O)c1cccs1)c1ccc(S(C)(=O)=O)cc1. The standard InChI is InChI=1S/C13H15NO4S3/c1-10(14-21(17,18)13-4-3-9-19-13)11-5-7-12(8-6-11)20(2,15)16/h3-10,14H,1-2H3/t10-/m1/s1. The monoisotopic (exact) mass is 345 g/mol. The molecular weight excluding hydrogens is 330 g/mol. The number of sulfone groups is 1. The van der Waals surface area contributed by atoms with E-state index in [0.29, 0.717) is 5.56 Å². The molecule has 0 amide bonds. The van der Waals surface area contributed by atoms with Gasteiger partial charge in [-0.05, 0) is 36.1 Å². The van der Waals surface area contributed by atoms with Gasteiger partial charge in [0, 0.05) is 12.3 Å². The Hall–Kier alpha value is -1.22. The van der Waals surface area contributed by atoms with Gasteiger partial charge in [-0.25, -0.2) is 21.6 Å². The van der Waals surface area contributed by atoms with Crippen LogP contribution in [0.2, 0.25) is 0 Å². The van der Waals surface area contributed by atoms with Crippen molar-refractivity contribution < 1.29 is 16.8 Å². The minimum absolute atomic E-state index is 0.208. The van der Waals surface area contributed by atoms with Crippen molar-refractivity contribution in [2.75, 3.05) is 6.26 Å². The third-order valence-electron chi connectivity index (χ3n) is 2.90. The Morgan fingerprint density at radius 3 is 2.14 bits per heavy atom. The number of hydrogen-bond donors (Lipinski definition) is 1. The van der Waals surface area contributed by atoms with E-state index < -0.39 is 25.9 Å². The van der Waals surface area contributed by atoms with Gasteiger partial charge in [0.1, 0.15) is 4.21 Å². The smallest absolute Gasteiger partial charge is 0.224 e. The summed E-state index contributed by atoms with van der Waals surface area (Å²) in [5, 5.41) is 1.69. The van der Waals surface area contributed by atoms with Crippen molar-refractivity contribution in [1.29, 1.82) is 0 Å². The molecule has 0 aliphatic carbocycles. The molecule has 5 nitrogen and oxygen atoms in total. The molecule has 0 aliphatic heterocycles. The molecule has 1 heterocycles. The summed E-state index contributed by atoms with van der Waals surface area (Å²) in [6.07, 6.45) is 1.13. The summed E-state index contributed by atoms with van der Waals surface area (Å²) in [6.45, 7) is 1.71. The number of rotatable bonds is 5. The van der Waals surface area contributed by atoms with Crippen LogP contribution in [0.25, 0.3) is 0 Å². The fourth-order valence-electron chi connectivity index (χ4n) is 1.78. The maximum Gasteiger partial charge on any atom is 0.250 e. The van der Waals surface area contributed by atoms with E-state index in [-0.39, 0.29) is 9.10 Å². The molecule has 0 bridgehead atoms. The summed E-state index contributed by atoms with van der Waals surface area (Å²) in [7, 11) is -6.81. The van der Waals surface area contributed by atoms with Crippen LogP contribution in [-0.2, 0) is 19.9 Å². The predicted molar refractivity (Wildman–Crippen MR) is 82.6 cm³/mol. The molecule has 0 unspecified atom stereocenters. The summed E-state index contributed by atoms with van der Waals surface area (Å²) in [6, 6.07) is 8.92. The third kappa shape index (κ3) is 3.91. The maximum atomic E-state index is 12.1. The van der Waals surface area contributed by atoms with Crippen molar-refractivity contribution in [3.8, 4) is 0 Å². The van der Waals surface area contributed by atoms with Crippen LogP contribution < -0.4 is 4.72 Å². The highest BCUT2D eigenvalue weighted by Crippen LogP contribution is 2.21. The van der Waals surface area contributed by atoms with Crippen LogP contribution in [0.4, 0.5) is 0 Å². The molecule has 0 spiro atoms. The zero-order chi connectivity index (χ0) is 15.7. The fraction of sp³-hybridized carbons (Fsp3) is 0.231. The zero-order valence-corrected chi connectivity index (χ0v) is 13.9. The van der Waals surface area contributed by atoms with Crippen molar-refractivity contribution in [3.05, 3.63) is 47.3 Å². The Morgan fingerprint density at radius 2 is 1.67 bits per heavy atom. The van der Waals surface area contributed by atoms with E-state index in [9.17, 15) is 16.8 Å². The molecule has 114 valence electrons. The van der Waals surface area contributed by atoms with Gasteiger partial charge in [-0.15, -0.1) is 11.3 Å². The van der Waals surface area contributed by atoms with Gasteiger partial charge in [0.2, 0.25) is 0 Å². The molecule has 1 aromatic heterocycles. The highest BCUT2D eigenvalue weighted by atomic mass is 32.2. The van der Waals surface area contributed by atoms with Crippen molar-refractivity contribution in [2.45, 2.75) is 22.1 Å². The van der Waals surface area contributed by atoms with Crippen molar-refractivity contribution in [2.24, 2.45) is 0 Å². The molecule has 1 atom stereocenters. The van der Waals surface area contributed by atoms with Gasteiger partial charge in [0.05, 0.1) is 4.90 Å². The molecule has 21 heavy (non-hydrogen) atoms. The van der Waals surface area contributed by atoms with Crippen LogP contribution in [-0.4, -0.2) is 23.1 Å². The minimum Gasteiger partial charge on any atom is -0.224 e. The van der Waals surface area contributed by atoms with E-state index in [4.69, 9.17) is 0 Å². The Labute approximate surface area is 128 Å². The minimum atomic E-state index is -3.55. The first kappa shape index (κ1) is 16.2. The lowest BCUT2D eigenvalue weighted by atomic mass is 10.1. The second kappa shape index (κ2) is 5.88. The van der Waals surface area contributed by atoms with Gasteiger partial charge < -0.3 is 0 Å². The van der Waals surface area contributed by atoms with Crippen molar-refractivity contribution >= 4 is 31.2 Å². The Morgan fingerprint density at radius 1 is 1.05 bits per heavy atom. The molecule has 8 heteroatoms. The first-order valence-electron chi connectivity index (χ1n) is 6.06. The van der Waals surface area contributed by atoms with E-state index >= 15 is 0 Å². The molecule has 0 aliphatic rings. The first-order valence-corrected chi connectivity index (χ1v) is 10.3. The van der Waals surface area contributed by atoms with E-state index in [0.717, 1.165) is 17.6 Å². The summed E-state index contributed by atoms with van der Waals surface area (Å²) >= 11 is 1.14. The van der Waals surface area contributed by atoms with Crippen LogP contribution >= 0.6 is 11.3 Å². The molecule has 0 saturated heterocycles. The summed E-state index contributed by atoms with van der Waals surface area (Å²) < 4.78 is 49.8. The summed E-state index contributed by atoms with van der Waals surface area (Å²) in [4.78, 5) is 0.208. The molecule has 2 rings (SSSR count). The van der Waals surface area contributed by atoms with E-state index in [1.54, 1.807) is 30.5 Å². The Kier molecular flexibility index (Phi) is 4.52. The second-order valence-corrected chi connectivity index (χ2v) is 9.52. The third-order valence-corrected chi connectivity index (χ3v) is 6.97. The predicted octanol–water partition coefficient (Wildman–Crippen LogP) is 2.19. The van der Waals surface area contributed by atoms with Crippen LogP contribution in [0, 0.1) is 0 Å². The highest BCUT2D eigenvalue weighted by molar-refractivity contribution is 7.91. The lowest BCUT2D eigenvalue weighted by Crippen LogP contribution is -2.26. The lowest BCUT2D eigenvalue weighted by molar-refractivity contribution is 0.568. The molecule has 2 aromatic rings. The first-order chi connectivity index (χ1) is 9.70. The van der Waals surface area contributed by atoms with Crippen molar-refractivity contribution in [1.82, 2.24) is 4.72 Å². The van der Waals surface area contributed by atoms with E-state index in [2.05, 4.69) is 4.72 Å². The quantitative estimate of drug-likeness (QED) is 0.901. The van der Waals surface area contributed by atoms with Gasteiger partial charge in [0.25, 0.3) is 10.0 Å². The topological polar surface area (TPSA) is 80.3 Å². The van der Waals surface area contributed by atoms with Crippen LogP contribution in [0.3, 0.4) is 0 Å². The lowest BCUT2D eigenvalue weighted by Gasteiger charge is -2.14. The van der Waals surface area contributed by atoms with Crippen LogP contribution in [0.15, 0.2) is 50.9 Å². The molecule has 1 N–H and O–H groups in total. The van der Waals surface area contributed by atoms with E-state index in [1.165, 1.54) is 18.2 Å². The van der Waals surface area contributed by atoms with Gasteiger partial charge in [0.15, 0.2) is 9.84 Å². The number of sulfonamides is 1. The van der Waals surface area contributed by atoms with Gasteiger partial charge in [-0.1, -0.05) is 18.2 Å². The number of thiophene rings is 1. The fourth-order valence-corrected chi connectivity index (χ4v) is 4.65. The van der Waals surface area contributed by atoms with Gasteiger partial charge in [-0.2, -0.15) is 0 Å². The zero-order valence-electron chi connectivity index (χ0n) is 11.5. The molecule has 0 fully saturated rings. The number of benzene rings is 1. The molecule has 1 aromatic carbocycles. The number of nitrogens with one attached hydrogen (secondary N) is 1. The second-order valence-electron chi connectivity index (χ2n) is 4.62. The number of hydrogen-bond acceptors (Lipinski definition) is 5. The average molecular weight is 345 g/mol. The van der Waals surface area contributed by atoms with Crippen molar-refractivity contribution in [3.63, 3.8) is 0 Å². The normalized spacial score (nSPS) is 14.0. The van der Waals surface area contributed by atoms with Gasteiger partial charge >= 0.3 is 0 Å². The van der Waals surface area contributed by atoms with Crippen LogP contribution in [0.5, 0.6) is 0 Å². The average Bonchev–Trinajstić information content (AvgIpc) is 2.92. The molecular formula is C13H15NO4S3.